The predicted molar refractivity (Wildman–Crippen MR) is 82.2 cm³/mol. The summed E-state index contributed by atoms with van der Waals surface area (Å²) in [5, 5.41) is 2.52. The van der Waals surface area contributed by atoms with Crippen LogP contribution in [-0.4, -0.2) is 29.8 Å². The van der Waals surface area contributed by atoms with Crippen molar-refractivity contribution in [1.29, 1.82) is 0 Å². The van der Waals surface area contributed by atoms with Crippen molar-refractivity contribution in [2.24, 2.45) is 11.8 Å². The SMILES string of the molecule is Cc1ccc(NC(=O)C2CC(=O)N(CC3CC3)C2)cc1C(F)(F)F. The van der Waals surface area contributed by atoms with Gasteiger partial charge in [-0.2, -0.15) is 13.2 Å². The molecule has 1 aromatic rings. The number of carbonyl (C=O) groups excluding carboxylic acids is 2. The molecular weight excluding hydrogens is 321 g/mol. The van der Waals surface area contributed by atoms with Gasteiger partial charge in [-0.3, -0.25) is 9.59 Å². The molecule has 1 atom stereocenters. The van der Waals surface area contributed by atoms with Crippen LogP contribution in [-0.2, 0) is 15.8 Å². The van der Waals surface area contributed by atoms with E-state index in [0.29, 0.717) is 19.0 Å². The Hall–Kier alpha value is -2.05. The molecule has 1 aromatic carbocycles. The third kappa shape index (κ3) is 3.71. The van der Waals surface area contributed by atoms with Crippen LogP contribution in [0.4, 0.5) is 18.9 Å². The number of anilines is 1. The minimum absolute atomic E-state index is 0.0538. The van der Waals surface area contributed by atoms with E-state index in [4.69, 9.17) is 0 Å². The van der Waals surface area contributed by atoms with Crippen molar-refractivity contribution in [3.05, 3.63) is 29.3 Å². The molecule has 0 radical (unpaired) electrons. The van der Waals surface area contributed by atoms with Gasteiger partial charge in [0, 0.05) is 25.2 Å². The first kappa shape index (κ1) is 16.8. The predicted octanol–water partition coefficient (Wildman–Crippen LogP) is 3.21. The van der Waals surface area contributed by atoms with E-state index < -0.39 is 23.6 Å². The molecule has 0 bridgehead atoms. The van der Waals surface area contributed by atoms with Crippen molar-refractivity contribution >= 4 is 17.5 Å². The van der Waals surface area contributed by atoms with Gasteiger partial charge >= 0.3 is 6.18 Å². The maximum Gasteiger partial charge on any atom is 0.416 e. The molecule has 7 heteroatoms. The molecule has 2 amide bonds. The highest BCUT2D eigenvalue weighted by Crippen LogP contribution is 2.34. The van der Waals surface area contributed by atoms with Gasteiger partial charge in [-0.05, 0) is 43.4 Å². The van der Waals surface area contributed by atoms with E-state index in [1.54, 1.807) is 4.90 Å². The van der Waals surface area contributed by atoms with Gasteiger partial charge in [0.15, 0.2) is 0 Å². The summed E-state index contributed by atoms with van der Waals surface area (Å²) in [6.45, 7) is 2.41. The van der Waals surface area contributed by atoms with Crippen LogP contribution in [0.3, 0.4) is 0 Å². The van der Waals surface area contributed by atoms with Crippen LogP contribution in [0.5, 0.6) is 0 Å². The van der Waals surface area contributed by atoms with Crippen LogP contribution in [0.1, 0.15) is 30.4 Å². The quantitative estimate of drug-likeness (QED) is 0.915. The third-order valence-corrected chi connectivity index (χ3v) is 4.57. The van der Waals surface area contributed by atoms with Crippen molar-refractivity contribution in [2.75, 3.05) is 18.4 Å². The average molecular weight is 340 g/mol. The van der Waals surface area contributed by atoms with Crippen molar-refractivity contribution in [3.63, 3.8) is 0 Å². The summed E-state index contributed by atoms with van der Waals surface area (Å²) < 4.78 is 38.8. The minimum Gasteiger partial charge on any atom is -0.342 e. The molecule has 1 aliphatic carbocycles. The van der Waals surface area contributed by atoms with E-state index in [1.807, 2.05) is 0 Å². The standard InChI is InChI=1S/C17H19F3N2O2/c1-10-2-5-13(7-14(10)17(18,19)20)21-16(24)12-6-15(23)22(9-12)8-11-3-4-11/h2,5,7,11-12H,3-4,6,8-9H2,1H3,(H,21,24). The van der Waals surface area contributed by atoms with Gasteiger partial charge in [0.05, 0.1) is 11.5 Å². The summed E-state index contributed by atoms with van der Waals surface area (Å²) in [6.07, 6.45) is -2.11. The summed E-state index contributed by atoms with van der Waals surface area (Å²) in [4.78, 5) is 25.9. The zero-order valence-electron chi connectivity index (χ0n) is 13.3. The zero-order valence-corrected chi connectivity index (χ0v) is 13.3. The molecule has 130 valence electrons. The lowest BCUT2D eigenvalue weighted by Crippen LogP contribution is -2.29. The minimum atomic E-state index is -4.46. The highest BCUT2D eigenvalue weighted by atomic mass is 19.4. The summed E-state index contributed by atoms with van der Waals surface area (Å²) >= 11 is 0. The Bertz CT molecular complexity index is 668. The van der Waals surface area contributed by atoms with Gasteiger partial charge < -0.3 is 10.2 Å². The second-order valence-corrected chi connectivity index (χ2v) is 6.66. The number of hydrogen-bond acceptors (Lipinski definition) is 2. The van der Waals surface area contributed by atoms with Gasteiger partial charge in [-0.25, -0.2) is 0 Å². The molecule has 0 aromatic heterocycles. The lowest BCUT2D eigenvalue weighted by Gasteiger charge is -2.16. The van der Waals surface area contributed by atoms with Crippen molar-refractivity contribution in [3.8, 4) is 0 Å². The van der Waals surface area contributed by atoms with Crippen LogP contribution in [0, 0.1) is 18.8 Å². The first-order chi connectivity index (χ1) is 11.2. The Morgan fingerprint density at radius 2 is 2.04 bits per heavy atom. The number of rotatable bonds is 4. The maximum atomic E-state index is 12.9. The summed E-state index contributed by atoms with van der Waals surface area (Å²) in [7, 11) is 0. The fourth-order valence-electron chi connectivity index (χ4n) is 2.99. The molecule has 1 saturated heterocycles. The van der Waals surface area contributed by atoms with Crippen molar-refractivity contribution < 1.29 is 22.8 Å². The van der Waals surface area contributed by atoms with Gasteiger partial charge in [0.25, 0.3) is 0 Å². The lowest BCUT2D eigenvalue weighted by atomic mass is 10.1. The number of nitrogens with one attached hydrogen (secondary N) is 1. The molecule has 1 saturated carbocycles. The molecule has 1 N–H and O–H groups in total. The number of hydrogen-bond donors (Lipinski definition) is 1. The van der Waals surface area contributed by atoms with Crippen LogP contribution < -0.4 is 5.32 Å². The molecule has 1 heterocycles. The summed E-state index contributed by atoms with van der Waals surface area (Å²) in [5.41, 5.74) is -0.559. The normalized spacial score (nSPS) is 21.2. The molecule has 4 nitrogen and oxygen atoms in total. The number of aryl methyl sites for hydroxylation is 1. The number of alkyl halides is 3. The molecular formula is C17H19F3N2O2. The van der Waals surface area contributed by atoms with E-state index in [0.717, 1.165) is 18.9 Å². The lowest BCUT2D eigenvalue weighted by molar-refractivity contribution is -0.138. The number of carbonyl (C=O) groups is 2. The highest BCUT2D eigenvalue weighted by Gasteiger charge is 2.37. The summed E-state index contributed by atoms with van der Waals surface area (Å²) in [5.74, 6) is -0.422. The fraction of sp³-hybridized carbons (Fsp3) is 0.529. The van der Waals surface area contributed by atoms with Crippen LogP contribution in [0.2, 0.25) is 0 Å². The highest BCUT2D eigenvalue weighted by molar-refractivity contribution is 5.97. The Morgan fingerprint density at radius 1 is 1.33 bits per heavy atom. The molecule has 3 rings (SSSR count). The van der Waals surface area contributed by atoms with Gasteiger partial charge in [-0.15, -0.1) is 0 Å². The van der Waals surface area contributed by atoms with Crippen molar-refractivity contribution in [1.82, 2.24) is 4.90 Å². The number of halogens is 3. The monoisotopic (exact) mass is 340 g/mol. The maximum absolute atomic E-state index is 12.9. The van der Waals surface area contributed by atoms with Crippen LogP contribution in [0.15, 0.2) is 18.2 Å². The molecule has 1 unspecified atom stereocenters. The Morgan fingerprint density at radius 3 is 2.67 bits per heavy atom. The first-order valence-corrected chi connectivity index (χ1v) is 8.00. The molecule has 1 aliphatic heterocycles. The van der Waals surface area contributed by atoms with E-state index in [2.05, 4.69) is 5.32 Å². The van der Waals surface area contributed by atoms with Gasteiger partial charge in [0.2, 0.25) is 11.8 Å². The second kappa shape index (κ2) is 6.11. The Balaban J connectivity index is 1.65. The molecule has 2 fully saturated rings. The molecule has 0 spiro atoms. The Labute approximate surface area is 138 Å². The van der Waals surface area contributed by atoms with E-state index in [-0.39, 0.29) is 23.6 Å². The van der Waals surface area contributed by atoms with Crippen molar-refractivity contribution in [2.45, 2.75) is 32.4 Å². The van der Waals surface area contributed by atoms with E-state index >= 15 is 0 Å². The number of amides is 2. The summed E-state index contributed by atoms with van der Waals surface area (Å²) in [6, 6.07) is 3.71. The third-order valence-electron chi connectivity index (χ3n) is 4.57. The number of benzene rings is 1. The second-order valence-electron chi connectivity index (χ2n) is 6.66. The largest absolute Gasteiger partial charge is 0.416 e. The first-order valence-electron chi connectivity index (χ1n) is 8.00. The van der Waals surface area contributed by atoms with E-state index in [9.17, 15) is 22.8 Å². The van der Waals surface area contributed by atoms with Crippen LogP contribution >= 0.6 is 0 Å². The van der Waals surface area contributed by atoms with Crippen LogP contribution in [0.25, 0.3) is 0 Å². The number of likely N-dealkylation sites (tertiary alicyclic amines) is 1. The average Bonchev–Trinajstić information content (AvgIpc) is 3.23. The molecule has 24 heavy (non-hydrogen) atoms. The van der Waals surface area contributed by atoms with Gasteiger partial charge in [0.1, 0.15) is 0 Å². The van der Waals surface area contributed by atoms with Gasteiger partial charge in [-0.1, -0.05) is 6.07 Å². The Kier molecular flexibility index (Phi) is 4.27. The zero-order chi connectivity index (χ0) is 17.5. The fourth-order valence-corrected chi connectivity index (χ4v) is 2.99. The van der Waals surface area contributed by atoms with E-state index in [1.165, 1.54) is 19.1 Å². The number of nitrogens with zero attached hydrogens (tertiary/aromatic N) is 1. The topological polar surface area (TPSA) is 49.4 Å². The molecule has 2 aliphatic rings. The smallest absolute Gasteiger partial charge is 0.342 e.